The molecule has 1 aromatic rings. The molecule has 0 aliphatic carbocycles. The molecular weight excluding hydrogens is 398 g/mol. The van der Waals surface area contributed by atoms with E-state index in [1.807, 2.05) is 31.7 Å². The molecular formula is C16H21Br2NO2. The maximum absolute atomic E-state index is 12.2. The minimum absolute atomic E-state index is 0.207. The van der Waals surface area contributed by atoms with E-state index in [-0.39, 0.29) is 6.09 Å². The van der Waals surface area contributed by atoms with Gasteiger partial charge in [0.1, 0.15) is 5.60 Å². The Morgan fingerprint density at radius 1 is 1.24 bits per heavy atom. The van der Waals surface area contributed by atoms with Crippen LogP contribution in [0.1, 0.15) is 45.1 Å². The maximum Gasteiger partial charge on any atom is 0.410 e. The van der Waals surface area contributed by atoms with Crippen molar-refractivity contribution in [1.82, 2.24) is 4.90 Å². The summed E-state index contributed by atoms with van der Waals surface area (Å²) < 4.78 is 7.59. The van der Waals surface area contributed by atoms with Crippen molar-refractivity contribution in [3.63, 3.8) is 0 Å². The fraction of sp³-hybridized carbons (Fsp3) is 0.562. The molecule has 116 valence electrons. The first kappa shape index (κ1) is 16.8. The molecule has 1 amide bonds. The summed E-state index contributed by atoms with van der Waals surface area (Å²) in [6, 6.07) is 6.29. The molecule has 1 aromatic carbocycles. The Bertz CT molecular complexity index is 505. The van der Waals surface area contributed by atoms with E-state index in [1.54, 1.807) is 0 Å². The number of likely N-dealkylation sites (tertiary alicyclic amines) is 1. The van der Waals surface area contributed by atoms with Crippen molar-refractivity contribution in [2.24, 2.45) is 0 Å². The number of amides is 1. The minimum atomic E-state index is -0.442. The lowest BCUT2D eigenvalue weighted by Crippen LogP contribution is -2.42. The summed E-state index contributed by atoms with van der Waals surface area (Å²) in [7, 11) is 0. The Balaban J connectivity index is 2.08. The molecule has 0 radical (unpaired) electrons. The van der Waals surface area contributed by atoms with Crippen molar-refractivity contribution >= 4 is 38.0 Å². The van der Waals surface area contributed by atoms with Crippen LogP contribution in [0.5, 0.6) is 0 Å². The normalized spacial score (nSPS) is 19.5. The molecule has 1 atom stereocenters. The summed E-state index contributed by atoms with van der Waals surface area (Å²) >= 11 is 7.06. The van der Waals surface area contributed by atoms with Crippen LogP contribution in [0.2, 0.25) is 0 Å². The highest BCUT2D eigenvalue weighted by atomic mass is 79.9. The highest BCUT2D eigenvalue weighted by molar-refractivity contribution is 9.11. The van der Waals surface area contributed by atoms with Crippen molar-refractivity contribution < 1.29 is 9.53 Å². The molecule has 0 aromatic heterocycles. The highest BCUT2D eigenvalue weighted by Gasteiger charge is 2.28. The predicted molar refractivity (Wildman–Crippen MR) is 91.6 cm³/mol. The summed E-state index contributed by atoms with van der Waals surface area (Å²) in [6.45, 7) is 7.20. The second kappa shape index (κ2) is 6.69. The Morgan fingerprint density at radius 2 is 1.86 bits per heavy atom. The molecule has 21 heavy (non-hydrogen) atoms. The third-order valence-electron chi connectivity index (χ3n) is 3.43. The first-order chi connectivity index (χ1) is 9.74. The van der Waals surface area contributed by atoms with Gasteiger partial charge in [-0.05, 0) is 57.4 Å². The third kappa shape index (κ3) is 4.99. The van der Waals surface area contributed by atoms with Gasteiger partial charge >= 0.3 is 6.09 Å². The van der Waals surface area contributed by atoms with Crippen LogP contribution in [0.15, 0.2) is 27.1 Å². The average molecular weight is 419 g/mol. The van der Waals surface area contributed by atoms with Crippen LogP contribution in [0, 0.1) is 0 Å². The van der Waals surface area contributed by atoms with Crippen molar-refractivity contribution in [2.75, 3.05) is 13.1 Å². The summed E-state index contributed by atoms with van der Waals surface area (Å²) in [4.78, 5) is 14.0. The topological polar surface area (TPSA) is 29.5 Å². The number of ether oxygens (including phenoxy) is 1. The lowest BCUT2D eigenvalue weighted by Gasteiger charge is -2.34. The van der Waals surface area contributed by atoms with Gasteiger partial charge in [0.2, 0.25) is 0 Å². The van der Waals surface area contributed by atoms with E-state index in [4.69, 9.17) is 4.74 Å². The Kier molecular flexibility index (Phi) is 5.36. The number of carbonyl (C=O) groups excluding carboxylic acids is 1. The highest BCUT2D eigenvalue weighted by Crippen LogP contribution is 2.31. The predicted octanol–water partition coefficient (Wildman–Crippen LogP) is 5.33. The van der Waals surface area contributed by atoms with Crippen LogP contribution >= 0.6 is 31.9 Å². The van der Waals surface area contributed by atoms with Gasteiger partial charge in [0.15, 0.2) is 0 Å². The SMILES string of the molecule is CC(C)(C)OC(=O)N1CCCC(c2cc(Br)cc(Br)c2)C1. The van der Waals surface area contributed by atoms with Crippen LogP contribution in [-0.4, -0.2) is 29.7 Å². The fourth-order valence-electron chi connectivity index (χ4n) is 2.55. The van der Waals surface area contributed by atoms with E-state index in [2.05, 4.69) is 44.0 Å². The average Bonchev–Trinajstić information content (AvgIpc) is 2.36. The molecule has 0 saturated carbocycles. The smallest absolute Gasteiger partial charge is 0.410 e. The Hall–Kier alpha value is -0.550. The number of nitrogens with zero attached hydrogens (tertiary/aromatic N) is 1. The molecule has 1 aliphatic rings. The van der Waals surface area contributed by atoms with Crippen LogP contribution in [0.3, 0.4) is 0 Å². The Morgan fingerprint density at radius 3 is 2.43 bits per heavy atom. The zero-order valence-electron chi connectivity index (χ0n) is 12.7. The second-order valence-electron chi connectivity index (χ2n) is 6.47. The van der Waals surface area contributed by atoms with E-state index in [9.17, 15) is 4.79 Å². The van der Waals surface area contributed by atoms with Gasteiger partial charge in [0, 0.05) is 28.0 Å². The van der Waals surface area contributed by atoms with Crippen molar-refractivity contribution in [1.29, 1.82) is 0 Å². The molecule has 5 heteroatoms. The Labute approximate surface area is 143 Å². The summed E-state index contributed by atoms with van der Waals surface area (Å²) in [5.74, 6) is 0.361. The van der Waals surface area contributed by atoms with Gasteiger partial charge in [-0.25, -0.2) is 4.79 Å². The molecule has 0 spiro atoms. The third-order valence-corrected chi connectivity index (χ3v) is 4.35. The first-order valence-electron chi connectivity index (χ1n) is 7.18. The number of piperidine rings is 1. The summed E-state index contributed by atoms with van der Waals surface area (Å²) in [5, 5.41) is 0. The standard InChI is InChI=1S/C16H21Br2NO2/c1-16(2,3)21-15(20)19-6-4-5-11(10-19)12-7-13(17)9-14(18)8-12/h7-9,11H,4-6,10H2,1-3H3. The van der Waals surface area contributed by atoms with Gasteiger partial charge in [-0.2, -0.15) is 0 Å². The molecule has 3 nitrogen and oxygen atoms in total. The molecule has 1 fully saturated rings. The number of hydrogen-bond acceptors (Lipinski definition) is 2. The molecule has 1 heterocycles. The summed E-state index contributed by atoms with van der Waals surface area (Å²) in [6.07, 6.45) is 1.90. The molecule has 2 rings (SSSR count). The molecule has 1 saturated heterocycles. The van der Waals surface area contributed by atoms with E-state index in [0.717, 1.165) is 34.9 Å². The molecule has 0 N–H and O–H groups in total. The number of rotatable bonds is 1. The van der Waals surface area contributed by atoms with Crippen LogP contribution < -0.4 is 0 Å². The van der Waals surface area contributed by atoms with E-state index in [1.165, 1.54) is 5.56 Å². The van der Waals surface area contributed by atoms with Gasteiger partial charge in [-0.3, -0.25) is 0 Å². The van der Waals surface area contributed by atoms with E-state index < -0.39 is 5.60 Å². The molecule has 1 aliphatic heterocycles. The van der Waals surface area contributed by atoms with Crippen LogP contribution in [0.25, 0.3) is 0 Å². The monoisotopic (exact) mass is 417 g/mol. The second-order valence-corrected chi connectivity index (χ2v) is 8.30. The molecule has 0 bridgehead atoms. The number of carbonyl (C=O) groups is 1. The molecule has 1 unspecified atom stereocenters. The number of hydrogen-bond donors (Lipinski definition) is 0. The van der Waals surface area contributed by atoms with Crippen molar-refractivity contribution in [3.8, 4) is 0 Å². The zero-order chi connectivity index (χ0) is 15.6. The largest absolute Gasteiger partial charge is 0.444 e. The van der Waals surface area contributed by atoms with Gasteiger partial charge in [-0.15, -0.1) is 0 Å². The van der Waals surface area contributed by atoms with Crippen LogP contribution in [0.4, 0.5) is 4.79 Å². The fourth-order valence-corrected chi connectivity index (χ4v) is 3.88. The first-order valence-corrected chi connectivity index (χ1v) is 8.77. The number of benzene rings is 1. The lowest BCUT2D eigenvalue weighted by molar-refractivity contribution is 0.0198. The van der Waals surface area contributed by atoms with Gasteiger partial charge in [0.05, 0.1) is 0 Å². The number of halogens is 2. The minimum Gasteiger partial charge on any atom is -0.444 e. The van der Waals surface area contributed by atoms with E-state index >= 15 is 0 Å². The van der Waals surface area contributed by atoms with Gasteiger partial charge in [-0.1, -0.05) is 31.9 Å². The van der Waals surface area contributed by atoms with Crippen molar-refractivity contribution in [3.05, 3.63) is 32.7 Å². The van der Waals surface area contributed by atoms with Gasteiger partial charge < -0.3 is 9.64 Å². The zero-order valence-corrected chi connectivity index (χ0v) is 15.8. The quantitative estimate of drug-likeness (QED) is 0.617. The van der Waals surface area contributed by atoms with Crippen molar-refractivity contribution in [2.45, 2.75) is 45.1 Å². The van der Waals surface area contributed by atoms with Crippen LogP contribution in [-0.2, 0) is 4.74 Å². The summed E-state index contributed by atoms with van der Waals surface area (Å²) in [5.41, 5.74) is 0.813. The lowest BCUT2D eigenvalue weighted by atomic mass is 9.91. The maximum atomic E-state index is 12.2. The van der Waals surface area contributed by atoms with Gasteiger partial charge in [0.25, 0.3) is 0 Å². The van der Waals surface area contributed by atoms with E-state index in [0.29, 0.717) is 5.92 Å².